The molecule has 0 aliphatic heterocycles. The summed E-state index contributed by atoms with van der Waals surface area (Å²) in [6.07, 6.45) is 1.56. The van der Waals surface area contributed by atoms with Crippen LogP contribution in [0.25, 0.3) is 6.08 Å². The Hall–Kier alpha value is -3.36. The first kappa shape index (κ1) is 21.4. The Kier molecular flexibility index (Phi) is 7.05. The molecule has 0 spiro atoms. The molecule has 3 rings (SSSR count). The van der Waals surface area contributed by atoms with Crippen molar-refractivity contribution in [2.75, 3.05) is 5.32 Å². The highest BCUT2D eigenvalue weighted by atomic mass is 79.9. The van der Waals surface area contributed by atoms with Crippen LogP contribution in [0.2, 0.25) is 0 Å². The monoisotopic (exact) mass is 460 g/mol. The molecular formula is C25H21BrN2O2. The second-order valence-electron chi connectivity index (χ2n) is 6.91. The third-order valence-electron chi connectivity index (χ3n) is 4.50. The van der Waals surface area contributed by atoms with E-state index < -0.39 is 5.91 Å². The highest BCUT2D eigenvalue weighted by Gasteiger charge is 2.12. The van der Waals surface area contributed by atoms with E-state index in [9.17, 15) is 10.1 Å². The molecule has 0 saturated heterocycles. The molecule has 30 heavy (non-hydrogen) atoms. The zero-order chi connectivity index (χ0) is 21.5. The minimum Gasteiger partial charge on any atom is -0.488 e. The van der Waals surface area contributed by atoms with E-state index in [1.807, 2.05) is 86.6 Å². The lowest BCUT2D eigenvalue weighted by Gasteiger charge is -2.10. The number of amides is 1. The van der Waals surface area contributed by atoms with Crippen LogP contribution in [0.15, 0.2) is 76.8 Å². The standard InChI is InChI=1S/C25H21BrN2O2/c1-17-8-10-23(18(2)12-17)28-25(29)21(15-27)13-20-9-11-24(22(26)14-20)30-16-19-6-4-3-5-7-19/h3-14H,16H2,1-2H3,(H,28,29)/b21-13+. The topological polar surface area (TPSA) is 62.1 Å². The Labute approximate surface area is 184 Å². The molecule has 0 saturated carbocycles. The Morgan fingerprint density at radius 1 is 1.10 bits per heavy atom. The van der Waals surface area contributed by atoms with Gasteiger partial charge in [0.15, 0.2) is 0 Å². The molecule has 0 heterocycles. The van der Waals surface area contributed by atoms with Gasteiger partial charge in [0.05, 0.1) is 4.47 Å². The normalized spacial score (nSPS) is 10.9. The maximum atomic E-state index is 12.6. The van der Waals surface area contributed by atoms with E-state index in [2.05, 4.69) is 21.2 Å². The highest BCUT2D eigenvalue weighted by molar-refractivity contribution is 9.10. The zero-order valence-corrected chi connectivity index (χ0v) is 18.4. The van der Waals surface area contributed by atoms with Crippen LogP contribution in [0.1, 0.15) is 22.3 Å². The quantitative estimate of drug-likeness (QED) is 0.352. The lowest BCUT2D eigenvalue weighted by molar-refractivity contribution is -0.112. The number of rotatable bonds is 6. The fraction of sp³-hybridized carbons (Fsp3) is 0.120. The van der Waals surface area contributed by atoms with E-state index in [0.717, 1.165) is 26.7 Å². The van der Waals surface area contributed by atoms with Gasteiger partial charge in [-0.05, 0) is 70.7 Å². The van der Waals surface area contributed by atoms with E-state index >= 15 is 0 Å². The average Bonchev–Trinajstić information content (AvgIpc) is 2.74. The van der Waals surface area contributed by atoms with Gasteiger partial charge in [-0.2, -0.15) is 5.26 Å². The van der Waals surface area contributed by atoms with Gasteiger partial charge in [0.25, 0.3) is 5.91 Å². The average molecular weight is 461 g/mol. The molecule has 1 N–H and O–H groups in total. The number of anilines is 1. The van der Waals surface area contributed by atoms with Gasteiger partial charge in [0, 0.05) is 5.69 Å². The summed E-state index contributed by atoms with van der Waals surface area (Å²) in [6.45, 7) is 4.37. The van der Waals surface area contributed by atoms with Crippen LogP contribution < -0.4 is 10.1 Å². The van der Waals surface area contributed by atoms with Gasteiger partial charge >= 0.3 is 0 Å². The number of ether oxygens (including phenoxy) is 1. The summed E-state index contributed by atoms with van der Waals surface area (Å²) in [5.41, 5.74) is 4.58. The van der Waals surface area contributed by atoms with E-state index in [1.54, 1.807) is 6.08 Å². The second kappa shape index (κ2) is 9.91. The fourth-order valence-corrected chi connectivity index (χ4v) is 3.43. The van der Waals surface area contributed by atoms with E-state index in [0.29, 0.717) is 18.0 Å². The van der Waals surface area contributed by atoms with Crippen LogP contribution in [-0.4, -0.2) is 5.91 Å². The third kappa shape index (κ3) is 5.59. The van der Waals surface area contributed by atoms with Crippen molar-refractivity contribution in [3.05, 3.63) is 99.0 Å². The number of nitriles is 1. The van der Waals surface area contributed by atoms with Crippen molar-refractivity contribution in [3.63, 3.8) is 0 Å². The lowest BCUT2D eigenvalue weighted by atomic mass is 10.1. The number of hydrogen-bond donors (Lipinski definition) is 1. The largest absolute Gasteiger partial charge is 0.488 e. The third-order valence-corrected chi connectivity index (χ3v) is 5.12. The van der Waals surface area contributed by atoms with Crippen LogP contribution in [-0.2, 0) is 11.4 Å². The number of benzene rings is 3. The van der Waals surface area contributed by atoms with Crippen LogP contribution in [0.3, 0.4) is 0 Å². The maximum absolute atomic E-state index is 12.6. The molecule has 0 bridgehead atoms. The molecule has 0 unspecified atom stereocenters. The van der Waals surface area contributed by atoms with Crippen LogP contribution in [0.4, 0.5) is 5.69 Å². The van der Waals surface area contributed by atoms with Crippen molar-refractivity contribution in [1.29, 1.82) is 5.26 Å². The van der Waals surface area contributed by atoms with Gasteiger partial charge in [-0.3, -0.25) is 4.79 Å². The van der Waals surface area contributed by atoms with Gasteiger partial charge < -0.3 is 10.1 Å². The van der Waals surface area contributed by atoms with Crippen molar-refractivity contribution in [2.45, 2.75) is 20.5 Å². The predicted octanol–water partition coefficient (Wildman–Crippen LogP) is 6.19. The van der Waals surface area contributed by atoms with Crippen LogP contribution in [0.5, 0.6) is 5.75 Å². The summed E-state index contributed by atoms with van der Waals surface area (Å²) in [5.74, 6) is 0.249. The van der Waals surface area contributed by atoms with Gasteiger partial charge in [0.2, 0.25) is 0 Å². The molecule has 0 aliphatic rings. The van der Waals surface area contributed by atoms with Crippen molar-refractivity contribution in [1.82, 2.24) is 0 Å². The summed E-state index contributed by atoms with van der Waals surface area (Å²) in [5, 5.41) is 12.3. The molecule has 0 aliphatic carbocycles. The Bertz CT molecular complexity index is 1130. The van der Waals surface area contributed by atoms with E-state index in [4.69, 9.17) is 4.74 Å². The highest BCUT2D eigenvalue weighted by Crippen LogP contribution is 2.28. The molecule has 0 atom stereocenters. The molecule has 0 aromatic heterocycles. The van der Waals surface area contributed by atoms with Crippen molar-refractivity contribution >= 4 is 33.6 Å². The molecule has 5 heteroatoms. The molecule has 0 radical (unpaired) electrons. The molecule has 4 nitrogen and oxygen atoms in total. The van der Waals surface area contributed by atoms with Crippen LogP contribution >= 0.6 is 15.9 Å². The molecular weight excluding hydrogens is 440 g/mol. The molecule has 3 aromatic carbocycles. The van der Waals surface area contributed by atoms with Crippen molar-refractivity contribution in [2.24, 2.45) is 0 Å². The van der Waals surface area contributed by atoms with E-state index in [-0.39, 0.29) is 5.57 Å². The molecule has 150 valence electrons. The van der Waals surface area contributed by atoms with Crippen molar-refractivity contribution in [3.8, 4) is 11.8 Å². The second-order valence-corrected chi connectivity index (χ2v) is 7.76. The van der Waals surface area contributed by atoms with Gasteiger partial charge in [-0.1, -0.05) is 54.1 Å². The first-order chi connectivity index (χ1) is 14.5. The smallest absolute Gasteiger partial charge is 0.266 e. The van der Waals surface area contributed by atoms with Crippen LogP contribution in [0, 0.1) is 25.2 Å². The number of nitrogens with one attached hydrogen (secondary N) is 1. The minimum absolute atomic E-state index is 0.0276. The molecule has 3 aromatic rings. The number of aryl methyl sites for hydroxylation is 2. The summed E-state index contributed by atoms with van der Waals surface area (Å²) in [6, 6.07) is 23.1. The Morgan fingerprint density at radius 3 is 2.53 bits per heavy atom. The number of carbonyl (C=O) groups is 1. The number of hydrogen-bond acceptors (Lipinski definition) is 3. The van der Waals surface area contributed by atoms with Gasteiger partial charge in [0.1, 0.15) is 24.0 Å². The lowest BCUT2D eigenvalue weighted by Crippen LogP contribution is -2.14. The predicted molar refractivity (Wildman–Crippen MR) is 123 cm³/mol. The molecule has 1 amide bonds. The van der Waals surface area contributed by atoms with Crippen molar-refractivity contribution < 1.29 is 9.53 Å². The summed E-state index contributed by atoms with van der Waals surface area (Å²) in [4.78, 5) is 12.6. The summed E-state index contributed by atoms with van der Waals surface area (Å²) in [7, 11) is 0. The van der Waals surface area contributed by atoms with E-state index in [1.165, 1.54) is 0 Å². The number of carbonyl (C=O) groups excluding carboxylic acids is 1. The summed E-state index contributed by atoms with van der Waals surface area (Å²) < 4.78 is 6.60. The minimum atomic E-state index is -0.440. The maximum Gasteiger partial charge on any atom is 0.266 e. The van der Waals surface area contributed by atoms with Gasteiger partial charge in [-0.25, -0.2) is 0 Å². The molecule has 0 fully saturated rings. The summed E-state index contributed by atoms with van der Waals surface area (Å²) >= 11 is 3.50. The Balaban J connectivity index is 1.72. The zero-order valence-electron chi connectivity index (χ0n) is 16.8. The Morgan fingerprint density at radius 2 is 1.87 bits per heavy atom. The first-order valence-electron chi connectivity index (χ1n) is 9.43. The number of halogens is 1. The number of nitrogens with zero attached hydrogens (tertiary/aromatic N) is 1. The fourth-order valence-electron chi connectivity index (χ4n) is 2.92. The van der Waals surface area contributed by atoms with Gasteiger partial charge in [-0.15, -0.1) is 0 Å². The SMILES string of the molecule is Cc1ccc(NC(=O)/C(C#N)=C/c2ccc(OCc3ccccc3)c(Br)c2)c(C)c1. The first-order valence-corrected chi connectivity index (χ1v) is 10.2.